The van der Waals surface area contributed by atoms with Crippen molar-refractivity contribution in [3.63, 3.8) is 0 Å². The fourth-order valence-electron chi connectivity index (χ4n) is 3.26. The fraction of sp³-hybridized carbons (Fsp3) is 0.786. The number of imidazole rings is 1. The Hall–Kier alpha value is -0.830. The molecule has 2 heterocycles. The molecule has 1 atom stereocenters. The zero-order valence-electron chi connectivity index (χ0n) is 10.5. The molecule has 0 spiro atoms. The third-order valence-electron chi connectivity index (χ3n) is 4.34. The quantitative estimate of drug-likeness (QED) is 0.824. The van der Waals surface area contributed by atoms with Gasteiger partial charge in [0.2, 0.25) is 0 Å². The van der Waals surface area contributed by atoms with Crippen LogP contribution in [-0.4, -0.2) is 23.1 Å². The lowest BCUT2D eigenvalue weighted by molar-refractivity contribution is 0.427. The van der Waals surface area contributed by atoms with E-state index in [0.29, 0.717) is 11.8 Å². The van der Waals surface area contributed by atoms with Gasteiger partial charge in [0.25, 0.3) is 0 Å². The van der Waals surface area contributed by atoms with Gasteiger partial charge in [0.15, 0.2) is 0 Å². The third-order valence-corrected chi connectivity index (χ3v) is 4.34. The van der Waals surface area contributed by atoms with E-state index < -0.39 is 0 Å². The molecule has 1 aromatic rings. The Balaban J connectivity index is 1.68. The summed E-state index contributed by atoms with van der Waals surface area (Å²) in [4.78, 5) is 8.23. The standard InChI is InChI=1S/C14H23N3/c1-2-5-11(6-3-1)14-16-10-13(17-14)12-7-4-8-15-9-12/h10-12,15H,1-9H2,(H,16,17). The first-order chi connectivity index (χ1) is 8.43. The van der Waals surface area contributed by atoms with Crippen molar-refractivity contribution in [1.82, 2.24) is 15.3 Å². The number of nitrogens with one attached hydrogen (secondary N) is 2. The van der Waals surface area contributed by atoms with Crippen LogP contribution in [0, 0.1) is 0 Å². The third kappa shape index (κ3) is 2.54. The molecule has 3 heteroatoms. The number of nitrogens with zero attached hydrogens (tertiary/aromatic N) is 1. The van der Waals surface area contributed by atoms with Crippen molar-refractivity contribution in [1.29, 1.82) is 0 Å². The van der Waals surface area contributed by atoms with Crippen LogP contribution >= 0.6 is 0 Å². The van der Waals surface area contributed by atoms with Gasteiger partial charge < -0.3 is 10.3 Å². The first-order valence-electron chi connectivity index (χ1n) is 7.19. The maximum absolute atomic E-state index is 4.63. The lowest BCUT2D eigenvalue weighted by atomic mass is 9.89. The summed E-state index contributed by atoms with van der Waals surface area (Å²) in [5.41, 5.74) is 1.36. The normalized spacial score (nSPS) is 27.2. The molecule has 1 aromatic heterocycles. The van der Waals surface area contributed by atoms with Gasteiger partial charge in [-0.2, -0.15) is 0 Å². The number of aromatic amines is 1. The van der Waals surface area contributed by atoms with E-state index in [-0.39, 0.29) is 0 Å². The molecule has 1 aliphatic carbocycles. The van der Waals surface area contributed by atoms with Gasteiger partial charge in [-0.05, 0) is 32.2 Å². The maximum Gasteiger partial charge on any atom is 0.109 e. The van der Waals surface area contributed by atoms with Crippen LogP contribution in [0.3, 0.4) is 0 Å². The van der Waals surface area contributed by atoms with Crippen LogP contribution in [0.25, 0.3) is 0 Å². The largest absolute Gasteiger partial charge is 0.345 e. The molecule has 3 nitrogen and oxygen atoms in total. The molecule has 1 saturated carbocycles. The highest BCUT2D eigenvalue weighted by molar-refractivity contribution is 5.12. The monoisotopic (exact) mass is 233 g/mol. The lowest BCUT2D eigenvalue weighted by Gasteiger charge is -2.22. The maximum atomic E-state index is 4.63. The van der Waals surface area contributed by atoms with Crippen molar-refractivity contribution in [3.05, 3.63) is 17.7 Å². The Labute approximate surface area is 103 Å². The second-order valence-electron chi connectivity index (χ2n) is 5.60. The highest BCUT2D eigenvalue weighted by Gasteiger charge is 2.21. The zero-order chi connectivity index (χ0) is 11.5. The molecule has 1 aliphatic heterocycles. The second kappa shape index (κ2) is 5.21. The molecule has 2 aliphatic rings. The van der Waals surface area contributed by atoms with Crippen LogP contribution < -0.4 is 5.32 Å². The predicted octanol–water partition coefficient (Wildman–Crippen LogP) is 2.92. The number of hydrogen-bond donors (Lipinski definition) is 2. The molecule has 1 saturated heterocycles. The average molecular weight is 233 g/mol. The average Bonchev–Trinajstić information content (AvgIpc) is 2.90. The van der Waals surface area contributed by atoms with Crippen molar-refractivity contribution in [2.24, 2.45) is 0 Å². The summed E-state index contributed by atoms with van der Waals surface area (Å²) < 4.78 is 0. The first-order valence-corrected chi connectivity index (χ1v) is 7.19. The van der Waals surface area contributed by atoms with Gasteiger partial charge in [0.05, 0.1) is 0 Å². The molecule has 0 radical (unpaired) electrons. The summed E-state index contributed by atoms with van der Waals surface area (Å²) >= 11 is 0. The topological polar surface area (TPSA) is 40.7 Å². The number of hydrogen-bond acceptors (Lipinski definition) is 2. The van der Waals surface area contributed by atoms with E-state index in [9.17, 15) is 0 Å². The van der Waals surface area contributed by atoms with Crippen LogP contribution in [0.4, 0.5) is 0 Å². The van der Waals surface area contributed by atoms with E-state index in [0.717, 1.165) is 6.54 Å². The minimum atomic E-state index is 0.661. The highest BCUT2D eigenvalue weighted by Crippen LogP contribution is 2.32. The van der Waals surface area contributed by atoms with E-state index in [2.05, 4.69) is 21.5 Å². The number of H-pyrrole nitrogens is 1. The van der Waals surface area contributed by atoms with Crippen molar-refractivity contribution in [2.75, 3.05) is 13.1 Å². The van der Waals surface area contributed by atoms with E-state index in [4.69, 9.17) is 0 Å². The van der Waals surface area contributed by atoms with Crippen molar-refractivity contribution < 1.29 is 0 Å². The van der Waals surface area contributed by atoms with Gasteiger partial charge in [-0.1, -0.05) is 19.3 Å². The Morgan fingerprint density at radius 3 is 2.59 bits per heavy atom. The van der Waals surface area contributed by atoms with Gasteiger partial charge in [-0.25, -0.2) is 4.98 Å². The van der Waals surface area contributed by atoms with Crippen molar-refractivity contribution in [3.8, 4) is 0 Å². The lowest BCUT2D eigenvalue weighted by Crippen LogP contribution is -2.28. The second-order valence-corrected chi connectivity index (χ2v) is 5.60. The Morgan fingerprint density at radius 1 is 1.00 bits per heavy atom. The van der Waals surface area contributed by atoms with E-state index >= 15 is 0 Å². The summed E-state index contributed by atoms with van der Waals surface area (Å²) in [7, 11) is 0. The van der Waals surface area contributed by atoms with Crippen LogP contribution in [0.2, 0.25) is 0 Å². The molecular formula is C14H23N3. The van der Waals surface area contributed by atoms with Crippen LogP contribution in [0.1, 0.15) is 68.3 Å². The van der Waals surface area contributed by atoms with Gasteiger partial charge in [-0.3, -0.25) is 0 Å². The molecule has 1 unspecified atom stereocenters. The molecule has 2 N–H and O–H groups in total. The zero-order valence-corrected chi connectivity index (χ0v) is 10.5. The smallest absolute Gasteiger partial charge is 0.109 e. The summed E-state index contributed by atoms with van der Waals surface area (Å²) in [5.74, 6) is 2.62. The van der Waals surface area contributed by atoms with Gasteiger partial charge in [-0.15, -0.1) is 0 Å². The number of rotatable bonds is 2. The summed E-state index contributed by atoms with van der Waals surface area (Å²) in [6.45, 7) is 2.30. The number of aromatic nitrogens is 2. The molecule has 0 amide bonds. The summed E-state index contributed by atoms with van der Waals surface area (Å²) in [6, 6.07) is 0. The Morgan fingerprint density at radius 2 is 1.82 bits per heavy atom. The van der Waals surface area contributed by atoms with Crippen LogP contribution in [-0.2, 0) is 0 Å². The van der Waals surface area contributed by atoms with Crippen LogP contribution in [0.15, 0.2) is 6.20 Å². The van der Waals surface area contributed by atoms with Crippen molar-refractivity contribution >= 4 is 0 Å². The van der Waals surface area contributed by atoms with E-state index in [1.807, 2.05) is 0 Å². The summed E-state index contributed by atoms with van der Waals surface area (Å²) in [6.07, 6.45) is 11.5. The molecule has 3 rings (SSSR count). The SMILES string of the molecule is c1nc(C2CCCCC2)[nH]c1C1CCCNC1. The summed E-state index contributed by atoms with van der Waals surface area (Å²) in [5, 5.41) is 3.47. The number of piperidine rings is 1. The van der Waals surface area contributed by atoms with Crippen LogP contribution in [0.5, 0.6) is 0 Å². The minimum absolute atomic E-state index is 0.661. The molecule has 0 bridgehead atoms. The molecular weight excluding hydrogens is 210 g/mol. The minimum Gasteiger partial charge on any atom is -0.345 e. The van der Waals surface area contributed by atoms with Crippen molar-refractivity contribution in [2.45, 2.75) is 56.8 Å². The van der Waals surface area contributed by atoms with Gasteiger partial charge in [0.1, 0.15) is 5.82 Å². The van der Waals surface area contributed by atoms with E-state index in [1.165, 1.54) is 63.0 Å². The van der Waals surface area contributed by atoms with E-state index in [1.54, 1.807) is 0 Å². The molecule has 2 fully saturated rings. The Bertz CT molecular complexity index is 314. The highest BCUT2D eigenvalue weighted by atomic mass is 14.9. The molecule has 94 valence electrons. The fourth-order valence-corrected chi connectivity index (χ4v) is 3.26. The molecule has 0 aromatic carbocycles. The van der Waals surface area contributed by atoms with Gasteiger partial charge in [0, 0.05) is 30.3 Å². The Kier molecular flexibility index (Phi) is 3.46. The first kappa shape index (κ1) is 11.3. The predicted molar refractivity (Wildman–Crippen MR) is 69.3 cm³/mol. The van der Waals surface area contributed by atoms with Gasteiger partial charge >= 0.3 is 0 Å². The molecule has 17 heavy (non-hydrogen) atoms.